The molecule has 0 aromatic heterocycles. The number of amides is 3. The molecular weight excluding hydrogens is 482 g/mol. The second-order valence-electron chi connectivity index (χ2n) is 7.97. The van der Waals surface area contributed by atoms with Crippen LogP contribution in [0, 0.1) is 0 Å². The zero-order chi connectivity index (χ0) is 25.5. The van der Waals surface area contributed by atoms with Crippen molar-refractivity contribution in [3.63, 3.8) is 0 Å². The largest absolute Gasteiger partial charge is 0.493 e. The van der Waals surface area contributed by atoms with Crippen LogP contribution in [0.2, 0.25) is 0 Å². The maximum atomic E-state index is 12.8. The first-order chi connectivity index (χ1) is 17.5. The molecule has 2 heterocycles. The summed E-state index contributed by atoms with van der Waals surface area (Å²) in [6.07, 6.45) is 3.22. The minimum Gasteiger partial charge on any atom is -0.493 e. The Kier molecular flexibility index (Phi) is 8.29. The lowest BCUT2D eigenvalue weighted by atomic mass is 10.2. The molecule has 2 aromatic carbocycles. The van der Waals surface area contributed by atoms with E-state index in [9.17, 15) is 14.4 Å². The highest BCUT2D eigenvalue weighted by atomic mass is 32.2. The van der Waals surface area contributed by atoms with Gasteiger partial charge in [-0.15, -0.1) is 0 Å². The average molecular weight is 510 g/mol. The molecule has 3 amide bonds. The number of ether oxygens (including phenoxy) is 3. The third kappa shape index (κ3) is 6.07. The molecule has 0 spiro atoms. The molecule has 2 saturated heterocycles. The van der Waals surface area contributed by atoms with E-state index in [4.69, 9.17) is 14.2 Å². The van der Waals surface area contributed by atoms with Crippen LogP contribution in [0.4, 0.5) is 16.2 Å². The van der Waals surface area contributed by atoms with Crippen LogP contribution in [0.1, 0.15) is 5.56 Å². The van der Waals surface area contributed by atoms with E-state index in [-0.39, 0.29) is 11.4 Å². The fourth-order valence-electron chi connectivity index (χ4n) is 3.75. The lowest BCUT2D eigenvalue weighted by Crippen LogP contribution is -2.36. The lowest BCUT2D eigenvalue weighted by molar-refractivity contribution is -0.127. The second kappa shape index (κ2) is 11.8. The SMILES string of the molecule is C=CCOc1ccc(/C=C2/SC(=O)N(CC(=O)Nc3ccc(N4CCOCC4)cc3)C2=O)cc1OC. The summed E-state index contributed by atoms with van der Waals surface area (Å²) >= 11 is 0.792. The molecule has 0 aliphatic carbocycles. The Balaban J connectivity index is 1.37. The van der Waals surface area contributed by atoms with Gasteiger partial charge in [0.1, 0.15) is 13.2 Å². The quantitative estimate of drug-likeness (QED) is 0.403. The number of hydrogen-bond acceptors (Lipinski definition) is 8. The fraction of sp³-hybridized carbons (Fsp3) is 0.269. The van der Waals surface area contributed by atoms with Crippen molar-refractivity contribution in [1.82, 2.24) is 4.90 Å². The summed E-state index contributed by atoms with van der Waals surface area (Å²) in [5.41, 5.74) is 2.29. The number of nitrogens with one attached hydrogen (secondary N) is 1. The normalized spacial score (nSPS) is 16.9. The minimum atomic E-state index is -0.520. The highest BCUT2D eigenvalue weighted by molar-refractivity contribution is 8.18. The highest BCUT2D eigenvalue weighted by Crippen LogP contribution is 2.34. The van der Waals surface area contributed by atoms with E-state index in [1.165, 1.54) is 7.11 Å². The van der Waals surface area contributed by atoms with Gasteiger partial charge in [-0.25, -0.2) is 0 Å². The van der Waals surface area contributed by atoms with Gasteiger partial charge in [-0.3, -0.25) is 19.3 Å². The van der Waals surface area contributed by atoms with Gasteiger partial charge in [0.15, 0.2) is 11.5 Å². The number of hydrogen-bond donors (Lipinski definition) is 1. The Morgan fingerprint density at radius 1 is 1.14 bits per heavy atom. The molecule has 0 atom stereocenters. The Hall–Kier alpha value is -3.76. The number of carbonyl (C=O) groups is 3. The summed E-state index contributed by atoms with van der Waals surface area (Å²) < 4.78 is 16.3. The molecule has 0 bridgehead atoms. The Labute approximate surface area is 213 Å². The third-order valence-electron chi connectivity index (χ3n) is 5.54. The smallest absolute Gasteiger partial charge is 0.294 e. The molecule has 2 fully saturated rings. The van der Waals surface area contributed by atoms with E-state index in [2.05, 4.69) is 16.8 Å². The number of methoxy groups -OCH3 is 1. The minimum absolute atomic E-state index is 0.226. The lowest BCUT2D eigenvalue weighted by Gasteiger charge is -2.28. The summed E-state index contributed by atoms with van der Waals surface area (Å²) in [6.45, 7) is 6.59. The van der Waals surface area contributed by atoms with E-state index in [1.54, 1.807) is 42.5 Å². The summed E-state index contributed by atoms with van der Waals surface area (Å²) in [6, 6.07) is 12.6. The topological polar surface area (TPSA) is 97.4 Å². The van der Waals surface area contributed by atoms with Crippen molar-refractivity contribution in [3.05, 3.63) is 65.6 Å². The van der Waals surface area contributed by atoms with E-state index in [0.717, 1.165) is 35.4 Å². The molecule has 36 heavy (non-hydrogen) atoms. The fourth-order valence-corrected chi connectivity index (χ4v) is 4.59. The molecule has 10 heteroatoms. The number of carbonyl (C=O) groups excluding carboxylic acids is 3. The molecule has 0 radical (unpaired) electrons. The number of morpholine rings is 1. The predicted octanol–water partition coefficient (Wildman–Crippen LogP) is 3.77. The van der Waals surface area contributed by atoms with Crippen LogP contribution >= 0.6 is 11.8 Å². The number of thioether (sulfide) groups is 1. The third-order valence-corrected chi connectivity index (χ3v) is 6.45. The Bertz CT molecular complexity index is 1170. The molecule has 2 aliphatic rings. The van der Waals surface area contributed by atoms with Crippen LogP contribution in [-0.4, -0.2) is 68.5 Å². The monoisotopic (exact) mass is 509 g/mol. The molecule has 4 rings (SSSR count). The highest BCUT2D eigenvalue weighted by Gasteiger charge is 2.36. The van der Waals surface area contributed by atoms with Gasteiger partial charge in [0.25, 0.3) is 11.1 Å². The molecule has 9 nitrogen and oxygen atoms in total. The van der Waals surface area contributed by atoms with E-state index >= 15 is 0 Å². The van der Waals surface area contributed by atoms with Crippen molar-refractivity contribution in [2.45, 2.75) is 0 Å². The zero-order valence-electron chi connectivity index (χ0n) is 19.9. The van der Waals surface area contributed by atoms with Gasteiger partial charge in [0, 0.05) is 24.5 Å². The molecule has 2 aliphatic heterocycles. The molecule has 188 valence electrons. The van der Waals surface area contributed by atoms with Gasteiger partial charge in [0.05, 0.1) is 25.2 Å². The van der Waals surface area contributed by atoms with Crippen LogP contribution in [0.3, 0.4) is 0 Å². The van der Waals surface area contributed by atoms with Crippen molar-refractivity contribution >= 4 is 46.3 Å². The maximum absolute atomic E-state index is 12.8. The van der Waals surface area contributed by atoms with Crippen molar-refractivity contribution in [2.75, 3.05) is 56.8 Å². The van der Waals surface area contributed by atoms with E-state index in [0.29, 0.717) is 42.6 Å². The van der Waals surface area contributed by atoms with Gasteiger partial charge in [-0.1, -0.05) is 18.7 Å². The van der Waals surface area contributed by atoms with Gasteiger partial charge in [-0.05, 0) is 59.8 Å². The van der Waals surface area contributed by atoms with Gasteiger partial charge >= 0.3 is 0 Å². The van der Waals surface area contributed by atoms with Crippen LogP contribution < -0.4 is 19.7 Å². The predicted molar refractivity (Wildman–Crippen MR) is 139 cm³/mol. The first-order valence-electron chi connectivity index (χ1n) is 11.4. The van der Waals surface area contributed by atoms with Crippen molar-refractivity contribution in [2.24, 2.45) is 0 Å². The van der Waals surface area contributed by atoms with E-state index < -0.39 is 17.1 Å². The summed E-state index contributed by atoms with van der Waals surface area (Å²) in [7, 11) is 1.52. The Morgan fingerprint density at radius 2 is 1.89 bits per heavy atom. The summed E-state index contributed by atoms with van der Waals surface area (Å²) in [4.78, 5) is 41.2. The molecule has 1 N–H and O–H groups in total. The Morgan fingerprint density at radius 3 is 2.58 bits per heavy atom. The van der Waals surface area contributed by atoms with Crippen molar-refractivity contribution in [1.29, 1.82) is 0 Å². The van der Waals surface area contributed by atoms with Crippen LogP contribution in [0.5, 0.6) is 11.5 Å². The zero-order valence-corrected chi connectivity index (χ0v) is 20.7. The first kappa shape index (κ1) is 25.3. The second-order valence-corrected chi connectivity index (χ2v) is 8.97. The van der Waals surface area contributed by atoms with Crippen LogP contribution in [0.25, 0.3) is 6.08 Å². The maximum Gasteiger partial charge on any atom is 0.294 e. The standard InChI is InChI=1S/C26H27N3O6S/c1-3-12-35-21-9-4-18(15-22(21)33-2)16-23-25(31)29(26(32)36-23)17-24(30)27-19-5-7-20(8-6-19)28-10-13-34-14-11-28/h3-9,15-16H,1,10-14,17H2,2H3,(H,27,30)/b23-16+. The number of anilines is 2. The van der Waals surface area contributed by atoms with Crippen molar-refractivity contribution in [3.8, 4) is 11.5 Å². The summed E-state index contributed by atoms with van der Waals surface area (Å²) in [5, 5.41) is 2.25. The van der Waals surface area contributed by atoms with Crippen LogP contribution in [-0.2, 0) is 14.3 Å². The van der Waals surface area contributed by atoms with E-state index in [1.807, 2.05) is 12.1 Å². The molecule has 2 aromatic rings. The summed E-state index contributed by atoms with van der Waals surface area (Å²) in [5.74, 6) is 0.0537. The first-order valence-corrected chi connectivity index (χ1v) is 12.2. The number of benzene rings is 2. The number of imide groups is 1. The molecular formula is C26H27N3O6S. The van der Waals surface area contributed by atoms with Gasteiger partial charge < -0.3 is 24.4 Å². The number of nitrogens with zero attached hydrogens (tertiary/aromatic N) is 2. The van der Waals surface area contributed by atoms with Gasteiger partial charge in [-0.2, -0.15) is 0 Å². The van der Waals surface area contributed by atoms with Gasteiger partial charge in [0.2, 0.25) is 5.91 Å². The van der Waals surface area contributed by atoms with Crippen molar-refractivity contribution < 1.29 is 28.6 Å². The van der Waals surface area contributed by atoms with Crippen LogP contribution in [0.15, 0.2) is 60.0 Å². The molecule has 0 unspecified atom stereocenters. The molecule has 0 saturated carbocycles. The average Bonchev–Trinajstić information content (AvgIpc) is 3.15. The number of rotatable bonds is 9.